The zero-order chi connectivity index (χ0) is 19.7. The number of benzene rings is 3. The highest BCUT2D eigenvalue weighted by molar-refractivity contribution is 5.92. The first-order valence-corrected chi connectivity index (χ1v) is 9.44. The second-order valence-corrected chi connectivity index (χ2v) is 7.20. The molecule has 0 bridgehead atoms. The van der Waals surface area contributed by atoms with Gasteiger partial charge in [0.1, 0.15) is 0 Å². The third-order valence-corrected chi connectivity index (χ3v) is 5.26. The van der Waals surface area contributed by atoms with E-state index >= 15 is 0 Å². The van der Waals surface area contributed by atoms with Gasteiger partial charge in [-0.15, -0.1) is 0 Å². The monoisotopic (exact) mass is 362 g/mol. The van der Waals surface area contributed by atoms with E-state index < -0.39 is 0 Å². The van der Waals surface area contributed by atoms with Crippen LogP contribution in [0.1, 0.15) is 28.1 Å². The van der Waals surface area contributed by atoms with E-state index in [1.54, 1.807) is 0 Å². The van der Waals surface area contributed by atoms with Crippen molar-refractivity contribution < 1.29 is 0 Å². The van der Waals surface area contributed by atoms with Crippen LogP contribution in [0.2, 0.25) is 0 Å². The van der Waals surface area contributed by atoms with Crippen LogP contribution in [-0.4, -0.2) is 4.57 Å². The Bertz CT molecular complexity index is 1230. The van der Waals surface area contributed by atoms with Gasteiger partial charge in [-0.25, -0.2) is 0 Å². The number of nitriles is 1. The molecule has 0 spiro atoms. The van der Waals surface area contributed by atoms with Gasteiger partial charge in [0.25, 0.3) is 0 Å². The number of allylic oxidation sites excluding steroid dienone is 1. The molecule has 0 fully saturated rings. The Morgan fingerprint density at radius 1 is 0.893 bits per heavy atom. The smallest absolute Gasteiger partial charge is 0.0998 e. The zero-order valence-corrected chi connectivity index (χ0v) is 16.4. The lowest BCUT2D eigenvalue weighted by Gasteiger charge is -2.13. The molecule has 4 rings (SSSR count). The Morgan fingerprint density at radius 3 is 2.36 bits per heavy atom. The van der Waals surface area contributed by atoms with Gasteiger partial charge < -0.3 is 4.57 Å². The van der Waals surface area contributed by atoms with Crippen LogP contribution in [0.15, 0.2) is 72.8 Å². The number of rotatable bonds is 3. The highest BCUT2D eigenvalue weighted by atomic mass is 15.0. The molecule has 0 aliphatic carbocycles. The number of hydrogen-bond donors (Lipinski definition) is 0. The summed E-state index contributed by atoms with van der Waals surface area (Å²) in [6.45, 7) is 6.28. The van der Waals surface area contributed by atoms with E-state index in [0.717, 1.165) is 22.5 Å². The predicted molar refractivity (Wildman–Crippen MR) is 117 cm³/mol. The Morgan fingerprint density at radius 2 is 1.61 bits per heavy atom. The van der Waals surface area contributed by atoms with E-state index in [9.17, 15) is 5.26 Å². The highest BCUT2D eigenvalue weighted by Crippen LogP contribution is 2.29. The summed E-state index contributed by atoms with van der Waals surface area (Å²) in [5.41, 5.74) is 7.34. The molecule has 1 heterocycles. The normalized spacial score (nSPS) is 11.6. The first-order valence-electron chi connectivity index (χ1n) is 9.44. The lowest BCUT2D eigenvalue weighted by atomic mass is 10.0. The summed E-state index contributed by atoms with van der Waals surface area (Å²) >= 11 is 0. The van der Waals surface area contributed by atoms with Crippen LogP contribution < -0.4 is 0 Å². The van der Waals surface area contributed by atoms with Crippen molar-refractivity contribution in [3.63, 3.8) is 0 Å². The molecule has 136 valence electrons. The number of hydrogen-bond acceptors (Lipinski definition) is 1. The van der Waals surface area contributed by atoms with Crippen molar-refractivity contribution in [3.8, 4) is 11.8 Å². The van der Waals surface area contributed by atoms with Gasteiger partial charge >= 0.3 is 0 Å². The van der Waals surface area contributed by atoms with Crippen molar-refractivity contribution in [3.05, 3.63) is 101 Å². The minimum atomic E-state index is 0.679. The molecule has 4 aromatic rings. The number of fused-ring (bicyclic) bond motifs is 1. The van der Waals surface area contributed by atoms with Crippen molar-refractivity contribution in [1.29, 1.82) is 5.26 Å². The number of nitrogens with zero attached hydrogens (tertiary/aromatic N) is 2. The lowest BCUT2D eigenvalue weighted by Crippen LogP contribution is -2.00. The molecular weight excluding hydrogens is 340 g/mol. The summed E-state index contributed by atoms with van der Waals surface area (Å²) in [6, 6.07) is 27.4. The van der Waals surface area contributed by atoms with Crippen molar-refractivity contribution in [2.75, 3.05) is 0 Å². The average Bonchev–Trinajstić information content (AvgIpc) is 2.99. The maximum Gasteiger partial charge on any atom is 0.0998 e. The Hall–Kier alpha value is -3.57. The van der Waals surface area contributed by atoms with Gasteiger partial charge in [0.05, 0.1) is 17.3 Å². The molecule has 0 radical (unpaired) electrons. The van der Waals surface area contributed by atoms with Gasteiger partial charge in [0.2, 0.25) is 0 Å². The fraction of sp³-hybridized carbons (Fsp3) is 0.115. The average molecular weight is 362 g/mol. The summed E-state index contributed by atoms with van der Waals surface area (Å²) in [6.07, 6.45) is 1.99. The van der Waals surface area contributed by atoms with Crippen LogP contribution in [-0.2, 0) is 0 Å². The van der Waals surface area contributed by atoms with Crippen LogP contribution in [0, 0.1) is 32.1 Å². The van der Waals surface area contributed by atoms with Gasteiger partial charge in [-0.3, -0.25) is 0 Å². The predicted octanol–water partition coefficient (Wildman–Crippen LogP) is 6.62. The zero-order valence-electron chi connectivity index (χ0n) is 16.4. The molecular formula is C26H22N2. The topological polar surface area (TPSA) is 28.7 Å². The first-order chi connectivity index (χ1) is 13.6. The van der Waals surface area contributed by atoms with Crippen molar-refractivity contribution in [1.82, 2.24) is 4.57 Å². The fourth-order valence-electron chi connectivity index (χ4n) is 3.78. The van der Waals surface area contributed by atoms with Crippen LogP contribution in [0.5, 0.6) is 0 Å². The maximum atomic E-state index is 9.71. The van der Waals surface area contributed by atoms with E-state index in [4.69, 9.17) is 0 Å². The molecule has 3 aromatic carbocycles. The molecule has 0 amide bonds. The molecule has 0 N–H and O–H groups in total. The Balaban J connectivity index is 1.86. The third kappa shape index (κ3) is 3.12. The van der Waals surface area contributed by atoms with Gasteiger partial charge in [-0.05, 0) is 55.5 Å². The molecule has 0 saturated carbocycles. The Labute approximate surface area is 166 Å². The van der Waals surface area contributed by atoms with Crippen LogP contribution in [0.25, 0.3) is 28.1 Å². The van der Waals surface area contributed by atoms with Gasteiger partial charge in [-0.1, -0.05) is 66.2 Å². The molecule has 2 heteroatoms. The quantitative estimate of drug-likeness (QED) is 0.376. The number of aromatic nitrogens is 1. The van der Waals surface area contributed by atoms with Crippen LogP contribution in [0.3, 0.4) is 0 Å². The van der Waals surface area contributed by atoms with E-state index in [1.807, 2.05) is 30.3 Å². The third-order valence-electron chi connectivity index (χ3n) is 5.26. The number of aryl methyl sites for hydroxylation is 2. The summed E-state index contributed by atoms with van der Waals surface area (Å²) in [5, 5.41) is 12.2. The van der Waals surface area contributed by atoms with Crippen molar-refractivity contribution in [2.45, 2.75) is 20.8 Å². The summed E-state index contributed by atoms with van der Waals surface area (Å²) < 4.78 is 2.28. The van der Waals surface area contributed by atoms with Gasteiger partial charge in [0, 0.05) is 16.8 Å². The minimum Gasteiger partial charge on any atom is -0.317 e. The lowest BCUT2D eigenvalue weighted by molar-refractivity contribution is 0.973. The first kappa shape index (κ1) is 17.8. The highest BCUT2D eigenvalue weighted by Gasteiger charge is 2.13. The van der Waals surface area contributed by atoms with Crippen molar-refractivity contribution in [2.24, 2.45) is 0 Å². The molecule has 0 atom stereocenters. The molecule has 0 unspecified atom stereocenters. The van der Waals surface area contributed by atoms with E-state index in [-0.39, 0.29) is 0 Å². The summed E-state index contributed by atoms with van der Waals surface area (Å²) in [7, 11) is 0. The van der Waals surface area contributed by atoms with Gasteiger partial charge in [-0.2, -0.15) is 5.26 Å². The summed E-state index contributed by atoms with van der Waals surface area (Å²) in [4.78, 5) is 0. The standard InChI is InChI=1S/C26H22N2/c1-18-11-13-21(14-12-18)24(17-27)16-23-15-19(2)28(20(23)3)26-10-6-8-22-7-4-5-9-25(22)26/h4-16H,1-3H3/b24-16-. The van der Waals surface area contributed by atoms with Gasteiger partial charge in [0.15, 0.2) is 0 Å². The maximum absolute atomic E-state index is 9.71. The van der Waals surface area contributed by atoms with Crippen LogP contribution in [0.4, 0.5) is 0 Å². The Kier molecular flexibility index (Phi) is 4.59. The molecule has 1 aromatic heterocycles. The molecule has 0 aliphatic rings. The molecule has 0 saturated heterocycles. The SMILES string of the molecule is Cc1ccc(/C(C#N)=C\c2cc(C)n(-c3cccc4ccccc34)c2C)cc1. The second kappa shape index (κ2) is 7.21. The minimum absolute atomic E-state index is 0.679. The van der Waals surface area contributed by atoms with E-state index in [0.29, 0.717) is 5.57 Å². The molecule has 28 heavy (non-hydrogen) atoms. The van der Waals surface area contributed by atoms with E-state index in [1.165, 1.54) is 22.0 Å². The fourth-order valence-corrected chi connectivity index (χ4v) is 3.78. The second-order valence-electron chi connectivity index (χ2n) is 7.20. The van der Waals surface area contributed by atoms with E-state index in [2.05, 4.69) is 79.9 Å². The molecule has 0 aliphatic heterocycles. The molecule has 2 nitrogen and oxygen atoms in total. The van der Waals surface area contributed by atoms with Crippen LogP contribution >= 0.6 is 0 Å². The summed E-state index contributed by atoms with van der Waals surface area (Å²) in [5.74, 6) is 0. The largest absolute Gasteiger partial charge is 0.317 e. The van der Waals surface area contributed by atoms with Crippen molar-refractivity contribution >= 4 is 22.4 Å².